The highest BCUT2D eigenvalue weighted by molar-refractivity contribution is 7.91. The van der Waals surface area contributed by atoms with Gasteiger partial charge in [-0.15, -0.1) is 0 Å². The fourth-order valence-electron chi connectivity index (χ4n) is 1.76. The highest BCUT2D eigenvalue weighted by atomic mass is 32.2. The third-order valence-electron chi connectivity index (χ3n) is 2.63. The second-order valence-electron chi connectivity index (χ2n) is 3.83. The van der Waals surface area contributed by atoms with Gasteiger partial charge in [-0.25, -0.2) is 8.42 Å². The molecule has 2 rings (SSSR count). The number of fused-ring (bicyclic) bond motifs is 1. The van der Waals surface area contributed by atoms with Crippen LogP contribution in [0.3, 0.4) is 0 Å². The first-order valence-electron chi connectivity index (χ1n) is 4.81. The SMILES string of the molecule is C=c1ccc2c(S(C)(=O)=O)cccc2c1=C. The first-order valence-corrected chi connectivity index (χ1v) is 6.70. The molecule has 3 heteroatoms. The normalized spacial score (nSPS) is 11.8. The van der Waals surface area contributed by atoms with E-state index in [2.05, 4.69) is 13.2 Å². The summed E-state index contributed by atoms with van der Waals surface area (Å²) in [4.78, 5) is 0.343. The third-order valence-corrected chi connectivity index (χ3v) is 3.78. The van der Waals surface area contributed by atoms with Crippen molar-refractivity contribution in [1.29, 1.82) is 0 Å². The van der Waals surface area contributed by atoms with Gasteiger partial charge >= 0.3 is 0 Å². The molecule has 0 aliphatic carbocycles. The van der Waals surface area contributed by atoms with Gasteiger partial charge in [0.25, 0.3) is 0 Å². The van der Waals surface area contributed by atoms with Crippen molar-refractivity contribution >= 4 is 33.8 Å². The van der Waals surface area contributed by atoms with Crippen LogP contribution in [0.25, 0.3) is 23.9 Å². The lowest BCUT2D eigenvalue weighted by Crippen LogP contribution is -2.22. The summed E-state index contributed by atoms with van der Waals surface area (Å²) in [7, 11) is -3.21. The van der Waals surface area contributed by atoms with Crippen LogP contribution in [0, 0.1) is 0 Å². The maximum atomic E-state index is 11.6. The van der Waals surface area contributed by atoms with Crippen LogP contribution in [0.15, 0.2) is 35.2 Å². The van der Waals surface area contributed by atoms with Crippen molar-refractivity contribution in [3.05, 3.63) is 40.8 Å². The number of hydrogen-bond acceptors (Lipinski definition) is 2. The van der Waals surface area contributed by atoms with Gasteiger partial charge in [-0.1, -0.05) is 37.4 Å². The fourth-order valence-corrected chi connectivity index (χ4v) is 2.66. The van der Waals surface area contributed by atoms with Crippen molar-refractivity contribution in [2.75, 3.05) is 6.26 Å². The Labute approximate surface area is 94.5 Å². The average molecular weight is 232 g/mol. The average Bonchev–Trinajstić information content (AvgIpc) is 2.21. The molecule has 0 spiro atoms. The predicted molar refractivity (Wildman–Crippen MR) is 67.4 cm³/mol. The van der Waals surface area contributed by atoms with Crippen molar-refractivity contribution in [2.45, 2.75) is 4.90 Å². The molecule has 0 fully saturated rings. The Bertz CT molecular complexity index is 758. The topological polar surface area (TPSA) is 34.1 Å². The zero-order valence-corrected chi connectivity index (χ0v) is 9.84. The summed E-state index contributed by atoms with van der Waals surface area (Å²) in [5, 5.41) is 3.15. The molecule has 16 heavy (non-hydrogen) atoms. The van der Waals surface area contributed by atoms with E-state index in [1.165, 1.54) is 6.26 Å². The molecule has 0 aliphatic rings. The molecule has 0 unspecified atom stereocenters. The van der Waals surface area contributed by atoms with Crippen LogP contribution in [0.5, 0.6) is 0 Å². The Morgan fingerprint density at radius 1 is 1.00 bits per heavy atom. The minimum atomic E-state index is -3.21. The van der Waals surface area contributed by atoms with Crippen LogP contribution in [-0.4, -0.2) is 14.7 Å². The zero-order chi connectivity index (χ0) is 11.9. The zero-order valence-electron chi connectivity index (χ0n) is 9.03. The smallest absolute Gasteiger partial charge is 0.176 e. The van der Waals surface area contributed by atoms with Crippen LogP contribution in [-0.2, 0) is 9.84 Å². The van der Waals surface area contributed by atoms with Crippen molar-refractivity contribution < 1.29 is 8.42 Å². The Morgan fingerprint density at radius 3 is 2.31 bits per heavy atom. The number of sulfone groups is 1. The third kappa shape index (κ3) is 1.63. The molecule has 0 aliphatic heterocycles. The minimum absolute atomic E-state index is 0.343. The van der Waals surface area contributed by atoms with E-state index in [4.69, 9.17) is 0 Å². The van der Waals surface area contributed by atoms with Gasteiger partial charge in [-0.3, -0.25) is 0 Å². The van der Waals surface area contributed by atoms with Gasteiger partial charge < -0.3 is 0 Å². The van der Waals surface area contributed by atoms with Crippen LogP contribution < -0.4 is 10.4 Å². The maximum absolute atomic E-state index is 11.6. The Balaban J connectivity index is 3.09. The van der Waals surface area contributed by atoms with E-state index >= 15 is 0 Å². The van der Waals surface area contributed by atoms with E-state index in [1.54, 1.807) is 24.3 Å². The van der Waals surface area contributed by atoms with E-state index < -0.39 is 9.84 Å². The molecule has 0 atom stereocenters. The monoisotopic (exact) mass is 232 g/mol. The van der Waals surface area contributed by atoms with Crippen molar-refractivity contribution in [3.63, 3.8) is 0 Å². The summed E-state index contributed by atoms with van der Waals surface area (Å²) in [5.74, 6) is 0. The molecule has 0 saturated heterocycles. The lowest BCUT2D eigenvalue weighted by atomic mass is 10.1. The van der Waals surface area contributed by atoms with Gasteiger partial charge in [0.05, 0.1) is 4.90 Å². The lowest BCUT2D eigenvalue weighted by Gasteiger charge is -2.04. The second kappa shape index (κ2) is 3.46. The Hall–Kier alpha value is -1.61. The molecule has 2 nitrogen and oxygen atoms in total. The standard InChI is InChI=1S/C13H12O2S/c1-9-7-8-12-11(10(9)2)5-4-6-13(12)16(3,14)15/h4-8H,1-2H2,3H3. The van der Waals surface area contributed by atoms with Gasteiger partial charge in [0.15, 0.2) is 9.84 Å². The van der Waals surface area contributed by atoms with Gasteiger partial charge in [0.2, 0.25) is 0 Å². The van der Waals surface area contributed by atoms with Crippen molar-refractivity contribution in [3.8, 4) is 0 Å². The first kappa shape index (κ1) is 10.9. The quantitative estimate of drug-likeness (QED) is 0.737. The molecule has 0 bridgehead atoms. The van der Waals surface area contributed by atoms with Crippen LogP contribution in [0.2, 0.25) is 0 Å². The number of hydrogen-bond donors (Lipinski definition) is 0. The molecule has 0 saturated carbocycles. The summed E-state index contributed by atoms with van der Waals surface area (Å²) in [6.07, 6.45) is 1.21. The summed E-state index contributed by atoms with van der Waals surface area (Å²) < 4.78 is 23.2. The summed E-state index contributed by atoms with van der Waals surface area (Å²) in [6.45, 7) is 7.76. The maximum Gasteiger partial charge on any atom is 0.176 e. The summed E-state index contributed by atoms with van der Waals surface area (Å²) in [6, 6.07) is 8.77. The summed E-state index contributed by atoms with van der Waals surface area (Å²) >= 11 is 0. The minimum Gasteiger partial charge on any atom is -0.224 e. The number of rotatable bonds is 1. The van der Waals surface area contributed by atoms with E-state index in [1.807, 2.05) is 6.07 Å². The van der Waals surface area contributed by atoms with Gasteiger partial charge in [-0.05, 0) is 21.9 Å². The molecule has 0 aromatic heterocycles. The molecule has 2 aromatic rings. The molecule has 0 amide bonds. The van der Waals surface area contributed by atoms with Crippen molar-refractivity contribution in [2.24, 2.45) is 0 Å². The fraction of sp³-hybridized carbons (Fsp3) is 0.0769. The Kier molecular flexibility index (Phi) is 2.35. The summed E-state index contributed by atoms with van der Waals surface area (Å²) in [5.41, 5.74) is 0. The highest BCUT2D eigenvalue weighted by Crippen LogP contribution is 2.19. The lowest BCUT2D eigenvalue weighted by molar-refractivity contribution is 0.602. The predicted octanol–water partition coefficient (Wildman–Crippen LogP) is 1.06. The molecule has 0 N–H and O–H groups in total. The molecule has 0 radical (unpaired) electrons. The van der Waals surface area contributed by atoms with Crippen molar-refractivity contribution in [1.82, 2.24) is 0 Å². The molecule has 2 aromatic carbocycles. The largest absolute Gasteiger partial charge is 0.224 e. The van der Waals surface area contributed by atoms with E-state index in [-0.39, 0.29) is 0 Å². The van der Waals surface area contributed by atoms with Crippen LogP contribution in [0.4, 0.5) is 0 Å². The highest BCUT2D eigenvalue weighted by Gasteiger charge is 2.10. The second-order valence-corrected chi connectivity index (χ2v) is 5.81. The van der Waals surface area contributed by atoms with Crippen LogP contribution in [0.1, 0.15) is 0 Å². The molecule has 0 heterocycles. The van der Waals surface area contributed by atoms with E-state index in [0.29, 0.717) is 10.3 Å². The molecular formula is C13H12O2S. The molecular weight excluding hydrogens is 220 g/mol. The van der Waals surface area contributed by atoms with Crippen LogP contribution >= 0.6 is 0 Å². The molecule has 82 valence electrons. The van der Waals surface area contributed by atoms with E-state index in [9.17, 15) is 8.42 Å². The van der Waals surface area contributed by atoms with E-state index in [0.717, 1.165) is 15.8 Å². The Morgan fingerprint density at radius 2 is 1.69 bits per heavy atom. The number of benzene rings is 2. The van der Waals surface area contributed by atoms with Gasteiger partial charge in [0.1, 0.15) is 0 Å². The van der Waals surface area contributed by atoms with Gasteiger partial charge in [-0.2, -0.15) is 0 Å². The van der Waals surface area contributed by atoms with Gasteiger partial charge in [0, 0.05) is 11.6 Å². The first-order chi connectivity index (χ1) is 7.41.